The summed E-state index contributed by atoms with van der Waals surface area (Å²) < 4.78 is 0. The van der Waals surface area contributed by atoms with Crippen LogP contribution in [-0.2, 0) is 4.79 Å². The Morgan fingerprint density at radius 1 is 0.783 bits per heavy atom. The van der Waals surface area contributed by atoms with Gasteiger partial charge >= 0.3 is 0 Å². The number of allylic oxidation sites excluding steroid dienone is 2. The molecule has 3 N–H and O–H groups in total. The third-order valence-corrected chi connectivity index (χ3v) is 3.72. The van der Waals surface area contributed by atoms with Crippen LogP contribution in [0.3, 0.4) is 0 Å². The van der Waals surface area contributed by atoms with Gasteiger partial charge in [0.1, 0.15) is 0 Å². The van der Waals surface area contributed by atoms with E-state index in [1.807, 2.05) is 0 Å². The Morgan fingerprint density at radius 2 is 1.13 bits per heavy atom. The van der Waals surface area contributed by atoms with Crippen LogP contribution < -0.4 is 5.73 Å². The molecule has 0 saturated heterocycles. The molecule has 0 aromatic rings. The first-order valence-electron chi connectivity index (χ1n) is 9.69. The Balaban J connectivity index is 0. The van der Waals surface area contributed by atoms with Crippen molar-refractivity contribution in [2.45, 2.75) is 104 Å². The number of unbranched alkanes of at least 4 members (excludes halogenated alkanes) is 12. The molecular formula is C20H41NO2. The van der Waals surface area contributed by atoms with Gasteiger partial charge < -0.3 is 10.8 Å². The third kappa shape index (κ3) is 33.8. The molecule has 138 valence electrons. The maximum atomic E-state index is 9.00. The van der Waals surface area contributed by atoms with Crippen molar-refractivity contribution in [2.75, 3.05) is 6.54 Å². The number of nitrogens with two attached hydrogens (primary N) is 1. The molecule has 0 radical (unpaired) electrons. The molecule has 0 rings (SSSR count). The van der Waals surface area contributed by atoms with Gasteiger partial charge in [0.15, 0.2) is 0 Å². The Bertz CT molecular complexity index is 248. The minimum Gasteiger partial charge on any atom is -0.481 e. The predicted molar refractivity (Wildman–Crippen MR) is 102 cm³/mol. The van der Waals surface area contributed by atoms with Gasteiger partial charge in [-0.2, -0.15) is 0 Å². The molecule has 0 aromatic carbocycles. The first kappa shape index (κ1) is 24.4. The average Bonchev–Trinajstić information content (AvgIpc) is 2.50. The first-order chi connectivity index (χ1) is 11.1. The monoisotopic (exact) mass is 327 g/mol. The van der Waals surface area contributed by atoms with Crippen molar-refractivity contribution in [3.05, 3.63) is 12.2 Å². The van der Waals surface area contributed by atoms with Crippen LogP contribution in [0.1, 0.15) is 104 Å². The molecule has 0 aliphatic rings. The number of hydrogen-bond donors (Lipinski definition) is 2. The molecular weight excluding hydrogens is 286 g/mol. The summed E-state index contributed by atoms with van der Waals surface area (Å²) in [7, 11) is 0. The van der Waals surface area contributed by atoms with Gasteiger partial charge in [0.05, 0.1) is 0 Å². The van der Waals surface area contributed by atoms with Gasteiger partial charge in [-0.1, -0.05) is 76.9 Å². The maximum absolute atomic E-state index is 9.00. The Morgan fingerprint density at radius 3 is 1.52 bits per heavy atom. The second-order valence-electron chi connectivity index (χ2n) is 6.25. The Hall–Kier alpha value is -0.830. The molecule has 0 aromatic heterocycles. The van der Waals surface area contributed by atoms with E-state index in [-0.39, 0.29) is 0 Å². The van der Waals surface area contributed by atoms with Crippen molar-refractivity contribution in [2.24, 2.45) is 5.73 Å². The Kier molecular flexibility index (Phi) is 24.9. The molecule has 0 amide bonds. The summed E-state index contributed by atoms with van der Waals surface area (Å²) in [6.45, 7) is 4.22. The number of aliphatic carboxylic acids is 1. The highest BCUT2D eigenvalue weighted by atomic mass is 16.4. The van der Waals surface area contributed by atoms with Gasteiger partial charge in [-0.05, 0) is 38.6 Å². The molecule has 0 spiro atoms. The van der Waals surface area contributed by atoms with Crippen molar-refractivity contribution >= 4 is 5.97 Å². The summed E-state index contributed by atoms with van der Waals surface area (Å²) in [6, 6.07) is 0. The molecule has 0 heterocycles. The molecule has 0 aliphatic heterocycles. The molecule has 3 nitrogen and oxygen atoms in total. The fraction of sp³-hybridized carbons (Fsp3) is 0.850. The molecule has 0 atom stereocenters. The van der Waals surface area contributed by atoms with Crippen LogP contribution in [0, 0.1) is 0 Å². The summed E-state index contributed by atoms with van der Waals surface area (Å²) in [5.74, 6) is -0.833. The van der Waals surface area contributed by atoms with Crippen molar-refractivity contribution in [1.29, 1.82) is 0 Å². The maximum Gasteiger partial charge on any atom is 0.300 e. The van der Waals surface area contributed by atoms with Crippen LogP contribution in [-0.4, -0.2) is 17.6 Å². The predicted octanol–water partition coefficient (Wildman–Crippen LogP) is 6.07. The van der Waals surface area contributed by atoms with Crippen LogP contribution in [0.5, 0.6) is 0 Å². The van der Waals surface area contributed by atoms with Crippen molar-refractivity contribution in [3.8, 4) is 0 Å². The first-order valence-corrected chi connectivity index (χ1v) is 9.69. The van der Waals surface area contributed by atoms with E-state index in [4.69, 9.17) is 15.6 Å². The van der Waals surface area contributed by atoms with E-state index in [0.717, 1.165) is 13.5 Å². The summed E-state index contributed by atoms with van der Waals surface area (Å²) in [6.07, 6.45) is 23.9. The topological polar surface area (TPSA) is 63.3 Å². The zero-order chi connectivity index (χ0) is 17.6. The fourth-order valence-corrected chi connectivity index (χ4v) is 2.39. The molecule has 3 heteroatoms. The highest BCUT2D eigenvalue weighted by Gasteiger charge is 1.90. The molecule has 0 saturated carbocycles. The van der Waals surface area contributed by atoms with Crippen molar-refractivity contribution in [1.82, 2.24) is 0 Å². The van der Waals surface area contributed by atoms with Gasteiger partial charge in [0.2, 0.25) is 0 Å². The van der Waals surface area contributed by atoms with Gasteiger partial charge in [0.25, 0.3) is 5.97 Å². The highest BCUT2D eigenvalue weighted by molar-refractivity contribution is 5.62. The van der Waals surface area contributed by atoms with E-state index in [2.05, 4.69) is 19.1 Å². The zero-order valence-corrected chi connectivity index (χ0v) is 15.7. The lowest BCUT2D eigenvalue weighted by Crippen LogP contribution is -1.97. The van der Waals surface area contributed by atoms with Crippen LogP contribution in [0.4, 0.5) is 0 Å². The van der Waals surface area contributed by atoms with Gasteiger partial charge in [-0.25, -0.2) is 0 Å². The fourth-order valence-electron chi connectivity index (χ4n) is 2.39. The van der Waals surface area contributed by atoms with Crippen molar-refractivity contribution in [3.63, 3.8) is 0 Å². The zero-order valence-electron chi connectivity index (χ0n) is 15.7. The number of carbonyl (C=O) groups is 1. The van der Waals surface area contributed by atoms with E-state index in [0.29, 0.717) is 0 Å². The highest BCUT2D eigenvalue weighted by Crippen LogP contribution is 2.09. The average molecular weight is 328 g/mol. The van der Waals surface area contributed by atoms with Gasteiger partial charge in [0, 0.05) is 6.92 Å². The van der Waals surface area contributed by atoms with E-state index in [1.54, 1.807) is 0 Å². The number of carboxylic acids is 1. The lowest BCUT2D eigenvalue weighted by Gasteiger charge is -1.99. The third-order valence-electron chi connectivity index (χ3n) is 3.72. The summed E-state index contributed by atoms with van der Waals surface area (Å²) in [5.41, 5.74) is 5.47. The lowest BCUT2D eigenvalue weighted by atomic mass is 10.1. The van der Waals surface area contributed by atoms with Crippen LogP contribution in [0.15, 0.2) is 12.2 Å². The number of carboxylic acid groups (broad SMARTS) is 1. The van der Waals surface area contributed by atoms with Crippen LogP contribution >= 0.6 is 0 Å². The molecule has 0 aliphatic carbocycles. The minimum absolute atomic E-state index is 0.833. The van der Waals surface area contributed by atoms with Gasteiger partial charge in [-0.15, -0.1) is 0 Å². The SMILES string of the molecule is CC(=O)O.CCCCCCCC/C=C\CCCCCCCCN. The molecule has 0 unspecified atom stereocenters. The second kappa shape index (κ2) is 23.4. The standard InChI is InChI=1S/C18H37N.C2H4O2/c1-2-3-4-5-6-7-8-9-10-11-12-13-14-15-16-17-18-19;1-2(3)4/h9-10H,2-8,11-19H2,1H3;1H3,(H,3,4)/b10-9-;. The minimum atomic E-state index is -0.833. The Labute approximate surface area is 144 Å². The quantitative estimate of drug-likeness (QED) is 0.283. The molecule has 0 fully saturated rings. The van der Waals surface area contributed by atoms with E-state index in [9.17, 15) is 0 Å². The molecule has 0 bridgehead atoms. The van der Waals surface area contributed by atoms with E-state index >= 15 is 0 Å². The number of hydrogen-bond acceptors (Lipinski definition) is 2. The van der Waals surface area contributed by atoms with Gasteiger partial charge in [-0.3, -0.25) is 4.79 Å². The summed E-state index contributed by atoms with van der Waals surface area (Å²) in [4.78, 5) is 9.00. The number of rotatable bonds is 15. The van der Waals surface area contributed by atoms with Crippen LogP contribution in [0.2, 0.25) is 0 Å². The summed E-state index contributed by atoms with van der Waals surface area (Å²) >= 11 is 0. The van der Waals surface area contributed by atoms with E-state index < -0.39 is 5.97 Å². The van der Waals surface area contributed by atoms with Crippen LogP contribution in [0.25, 0.3) is 0 Å². The molecule has 23 heavy (non-hydrogen) atoms. The normalized spacial score (nSPS) is 10.6. The lowest BCUT2D eigenvalue weighted by molar-refractivity contribution is -0.134. The smallest absolute Gasteiger partial charge is 0.300 e. The van der Waals surface area contributed by atoms with E-state index in [1.165, 1.54) is 89.9 Å². The largest absolute Gasteiger partial charge is 0.481 e. The second-order valence-corrected chi connectivity index (χ2v) is 6.25. The van der Waals surface area contributed by atoms with Crippen molar-refractivity contribution < 1.29 is 9.90 Å². The summed E-state index contributed by atoms with van der Waals surface area (Å²) in [5, 5.41) is 7.42.